The molecule has 1 saturated carbocycles. The molecule has 33 heavy (non-hydrogen) atoms. The molecule has 1 saturated heterocycles. The van der Waals surface area contributed by atoms with Crippen molar-refractivity contribution in [3.8, 4) is 0 Å². The third kappa shape index (κ3) is 5.33. The van der Waals surface area contributed by atoms with Gasteiger partial charge >= 0.3 is 5.97 Å². The molecule has 2 fully saturated rings. The Kier molecular flexibility index (Phi) is 6.93. The van der Waals surface area contributed by atoms with Crippen molar-refractivity contribution in [1.29, 1.82) is 0 Å². The van der Waals surface area contributed by atoms with Crippen LogP contribution in [0.15, 0.2) is 36.5 Å². The van der Waals surface area contributed by atoms with Crippen molar-refractivity contribution < 1.29 is 18.7 Å². The van der Waals surface area contributed by atoms with Gasteiger partial charge in [0, 0.05) is 38.1 Å². The van der Waals surface area contributed by atoms with Crippen molar-refractivity contribution in [3.05, 3.63) is 59.2 Å². The lowest BCUT2D eigenvalue weighted by molar-refractivity contribution is -0.124. The van der Waals surface area contributed by atoms with Crippen LogP contribution in [0.2, 0.25) is 0 Å². The highest BCUT2D eigenvalue weighted by Gasteiger charge is 2.49. The van der Waals surface area contributed by atoms with Crippen molar-refractivity contribution in [3.63, 3.8) is 0 Å². The smallest absolute Gasteiger partial charge is 0.342 e. The predicted octanol–water partition coefficient (Wildman–Crippen LogP) is 2.97. The number of hydrogen-bond acceptors (Lipinski definition) is 6. The Morgan fingerprint density at radius 1 is 1.21 bits per heavy atom. The summed E-state index contributed by atoms with van der Waals surface area (Å²) in [5.74, 6) is -0.834. The fraction of sp³-hybridized carbons (Fsp3) is 0.480. The highest BCUT2D eigenvalue weighted by Crippen LogP contribution is 2.36. The third-order valence-corrected chi connectivity index (χ3v) is 6.68. The molecule has 2 N–H and O–H groups in total. The summed E-state index contributed by atoms with van der Waals surface area (Å²) in [6.07, 6.45) is 5.23. The summed E-state index contributed by atoms with van der Waals surface area (Å²) in [5, 5.41) is 6.54. The highest BCUT2D eigenvalue weighted by atomic mass is 19.1. The Hall–Kier alpha value is -3.00. The van der Waals surface area contributed by atoms with Gasteiger partial charge in [-0.05, 0) is 62.3 Å². The average molecular weight is 455 g/mol. The number of carbonyl (C=O) groups is 2. The Morgan fingerprint density at radius 2 is 1.97 bits per heavy atom. The molecule has 4 rings (SSSR count). The number of pyridine rings is 1. The van der Waals surface area contributed by atoms with Gasteiger partial charge in [-0.1, -0.05) is 12.1 Å². The summed E-state index contributed by atoms with van der Waals surface area (Å²) in [5.41, 5.74) is 2.12. The largest absolute Gasteiger partial charge is 0.465 e. The van der Waals surface area contributed by atoms with Crippen LogP contribution in [0, 0.1) is 18.7 Å². The van der Waals surface area contributed by atoms with Gasteiger partial charge < -0.3 is 15.0 Å². The van der Waals surface area contributed by atoms with Gasteiger partial charge in [-0.2, -0.15) is 0 Å². The molecule has 1 aromatic carbocycles. The first-order chi connectivity index (χ1) is 15.9. The molecule has 2 aromatic rings. The number of hydrogen-bond donors (Lipinski definition) is 2. The van der Waals surface area contributed by atoms with E-state index in [0.29, 0.717) is 37.8 Å². The number of esters is 1. The van der Waals surface area contributed by atoms with Crippen LogP contribution in [0.25, 0.3) is 0 Å². The number of carbonyl (C=O) groups excluding carboxylic acids is 2. The molecule has 0 bridgehead atoms. The Morgan fingerprint density at radius 3 is 2.61 bits per heavy atom. The number of rotatable bonds is 8. The van der Waals surface area contributed by atoms with Crippen molar-refractivity contribution in [1.82, 2.24) is 15.6 Å². The van der Waals surface area contributed by atoms with Crippen LogP contribution in [-0.2, 0) is 16.1 Å². The predicted molar refractivity (Wildman–Crippen MR) is 123 cm³/mol. The second-order valence-electron chi connectivity index (χ2n) is 9.01. The first-order valence-electron chi connectivity index (χ1n) is 11.5. The standard InChI is InChI=1S/C25H31FN4O3/c1-17-6-7-19(15-27-17)16-29-25(10-11-25)24(32)28-14-18-8-12-30(13-9-18)21-5-3-4-20(26)22(21)23(31)33-2/h3-7,15,18,29H,8-14,16H2,1-2H3,(H,28,32). The lowest BCUT2D eigenvalue weighted by Crippen LogP contribution is -2.48. The summed E-state index contributed by atoms with van der Waals surface area (Å²) < 4.78 is 19.0. The normalized spacial score (nSPS) is 17.5. The fourth-order valence-electron chi connectivity index (χ4n) is 4.35. The summed E-state index contributed by atoms with van der Waals surface area (Å²) in [6, 6.07) is 8.64. The molecule has 7 nitrogen and oxygen atoms in total. The van der Waals surface area contributed by atoms with Crippen LogP contribution in [0.5, 0.6) is 0 Å². The summed E-state index contributed by atoms with van der Waals surface area (Å²) in [6.45, 7) is 4.58. The average Bonchev–Trinajstić information content (AvgIpc) is 3.63. The second kappa shape index (κ2) is 9.87. The number of amides is 1. The first kappa shape index (κ1) is 23.2. The van der Waals surface area contributed by atoms with Crippen molar-refractivity contribution >= 4 is 17.6 Å². The summed E-state index contributed by atoms with van der Waals surface area (Å²) in [4.78, 5) is 31.2. The van der Waals surface area contributed by atoms with Gasteiger partial charge in [0.05, 0.1) is 18.3 Å². The number of benzene rings is 1. The lowest BCUT2D eigenvalue weighted by atomic mass is 9.95. The Bertz CT molecular complexity index is 999. The van der Waals surface area contributed by atoms with Gasteiger partial charge in [-0.25, -0.2) is 9.18 Å². The number of nitrogens with one attached hydrogen (secondary N) is 2. The molecule has 0 radical (unpaired) electrons. The molecule has 2 heterocycles. The molecular formula is C25H31FN4O3. The maximum atomic E-state index is 14.3. The van der Waals surface area contributed by atoms with E-state index in [2.05, 4.69) is 15.6 Å². The topological polar surface area (TPSA) is 83.6 Å². The van der Waals surface area contributed by atoms with Gasteiger partial charge in [0.1, 0.15) is 11.4 Å². The lowest BCUT2D eigenvalue weighted by Gasteiger charge is -2.34. The minimum absolute atomic E-state index is 0.0164. The molecule has 176 valence electrons. The Labute approximate surface area is 193 Å². The van der Waals surface area contributed by atoms with E-state index in [1.807, 2.05) is 30.2 Å². The number of halogens is 1. The molecule has 1 aromatic heterocycles. The maximum absolute atomic E-state index is 14.3. The van der Waals surface area contributed by atoms with Crippen LogP contribution in [0.4, 0.5) is 10.1 Å². The van der Waals surface area contributed by atoms with E-state index in [0.717, 1.165) is 36.9 Å². The number of ether oxygens (including phenoxy) is 1. The molecule has 2 aliphatic rings. The van der Waals surface area contributed by atoms with E-state index >= 15 is 0 Å². The van der Waals surface area contributed by atoms with Crippen LogP contribution in [0.3, 0.4) is 0 Å². The van der Waals surface area contributed by atoms with Crippen LogP contribution < -0.4 is 15.5 Å². The second-order valence-corrected chi connectivity index (χ2v) is 9.01. The summed E-state index contributed by atoms with van der Waals surface area (Å²) >= 11 is 0. The number of aromatic nitrogens is 1. The van der Waals surface area contributed by atoms with E-state index in [4.69, 9.17) is 4.74 Å². The maximum Gasteiger partial charge on any atom is 0.342 e. The van der Waals surface area contributed by atoms with Crippen LogP contribution in [-0.4, -0.2) is 49.1 Å². The molecule has 8 heteroatoms. The zero-order valence-corrected chi connectivity index (χ0v) is 19.2. The molecule has 0 atom stereocenters. The van der Waals surface area contributed by atoms with Gasteiger partial charge in [0.2, 0.25) is 5.91 Å². The zero-order valence-electron chi connectivity index (χ0n) is 19.2. The van der Waals surface area contributed by atoms with E-state index < -0.39 is 17.3 Å². The van der Waals surface area contributed by atoms with Crippen LogP contribution in [0.1, 0.15) is 47.3 Å². The number of methoxy groups -OCH3 is 1. The zero-order chi connectivity index (χ0) is 23.4. The third-order valence-electron chi connectivity index (χ3n) is 6.68. The highest BCUT2D eigenvalue weighted by molar-refractivity contribution is 5.96. The Balaban J connectivity index is 1.26. The summed E-state index contributed by atoms with van der Waals surface area (Å²) in [7, 11) is 1.26. The molecule has 1 aliphatic heterocycles. The van der Waals surface area contributed by atoms with E-state index in [1.165, 1.54) is 13.2 Å². The van der Waals surface area contributed by atoms with Crippen LogP contribution >= 0.6 is 0 Å². The number of aryl methyl sites for hydroxylation is 1. The fourth-order valence-corrected chi connectivity index (χ4v) is 4.35. The van der Waals surface area contributed by atoms with Gasteiger partial charge in [-0.3, -0.25) is 15.1 Å². The van der Waals surface area contributed by atoms with E-state index in [-0.39, 0.29) is 11.5 Å². The minimum Gasteiger partial charge on any atom is -0.465 e. The molecule has 0 spiro atoms. The monoisotopic (exact) mass is 454 g/mol. The molecule has 0 unspecified atom stereocenters. The van der Waals surface area contributed by atoms with Gasteiger partial charge in [-0.15, -0.1) is 0 Å². The van der Waals surface area contributed by atoms with E-state index in [1.54, 1.807) is 12.1 Å². The van der Waals surface area contributed by atoms with Gasteiger partial charge in [0.25, 0.3) is 0 Å². The SMILES string of the molecule is COC(=O)c1c(F)cccc1N1CCC(CNC(=O)C2(NCc3ccc(C)nc3)CC2)CC1. The van der Waals surface area contributed by atoms with Gasteiger partial charge in [0.15, 0.2) is 0 Å². The number of anilines is 1. The number of nitrogens with zero attached hydrogens (tertiary/aromatic N) is 2. The molecular weight excluding hydrogens is 423 g/mol. The van der Waals surface area contributed by atoms with Crippen molar-refractivity contribution in [2.75, 3.05) is 31.6 Å². The molecule has 1 aliphatic carbocycles. The quantitative estimate of drug-likeness (QED) is 0.597. The van der Waals surface area contributed by atoms with Crippen molar-refractivity contribution in [2.45, 2.75) is 44.7 Å². The first-order valence-corrected chi connectivity index (χ1v) is 11.5. The molecule has 1 amide bonds. The van der Waals surface area contributed by atoms with E-state index in [9.17, 15) is 14.0 Å². The van der Waals surface area contributed by atoms with Crippen molar-refractivity contribution in [2.24, 2.45) is 5.92 Å². The minimum atomic E-state index is -0.666. The number of piperidine rings is 1.